The Morgan fingerprint density at radius 1 is 1.18 bits per heavy atom. The molecular weight excluding hydrogens is 440 g/mol. The first kappa shape index (κ1) is 24.1. The summed E-state index contributed by atoms with van der Waals surface area (Å²) in [6, 6.07) is 13.2. The van der Waals surface area contributed by atoms with Crippen LogP contribution in [-0.2, 0) is 16.0 Å². The molecule has 1 fully saturated rings. The molecule has 1 aliphatic heterocycles. The van der Waals surface area contributed by atoms with Crippen LogP contribution in [0.4, 0.5) is 5.82 Å². The Balaban J connectivity index is 2.08. The van der Waals surface area contributed by atoms with Crippen molar-refractivity contribution in [1.29, 1.82) is 10.5 Å². The zero-order valence-electron chi connectivity index (χ0n) is 18.1. The van der Waals surface area contributed by atoms with Gasteiger partial charge in [0.05, 0.1) is 11.1 Å². The first-order chi connectivity index (χ1) is 15.8. The Morgan fingerprint density at radius 2 is 1.79 bits per heavy atom. The van der Waals surface area contributed by atoms with E-state index in [1.54, 1.807) is 29.2 Å². The number of thioether (sulfide) groups is 1. The lowest BCUT2D eigenvalue weighted by atomic mass is 9.90. The second-order valence-corrected chi connectivity index (χ2v) is 8.83. The Bertz CT molecular complexity index is 1150. The number of nitrogens with zero attached hydrogens (tertiary/aromatic N) is 4. The summed E-state index contributed by atoms with van der Waals surface area (Å²) >= 11 is 1.06. The van der Waals surface area contributed by atoms with Gasteiger partial charge in [0.2, 0.25) is 11.8 Å². The summed E-state index contributed by atoms with van der Waals surface area (Å²) in [4.78, 5) is 30.3. The number of carbonyl (C=O) groups is 2. The lowest BCUT2D eigenvalue weighted by molar-refractivity contribution is -0.138. The predicted octanol–water partition coefficient (Wildman–Crippen LogP) is 1.52. The molecule has 10 heteroatoms. The van der Waals surface area contributed by atoms with Crippen LogP contribution in [0.2, 0.25) is 0 Å². The third-order valence-electron chi connectivity index (χ3n) is 5.76. The average molecular weight is 465 g/mol. The van der Waals surface area contributed by atoms with E-state index in [0.717, 1.165) is 11.8 Å². The van der Waals surface area contributed by atoms with Gasteiger partial charge in [-0.1, -0.05) is 49.0 Å². The second kappa shape index (κ2) is 9.90. The number of amides is 2. The molecule has 2 heterocycles. The Kier molecular flexibility index (Phi) is 7.22. The zero-order valence-corrected chi connectivity index (χ0v) is 18.9. The molecule has 9 nitrogen and oxygen atoms in total. The number of primary amides is 2. The molecule has 1 unspecified atom stereocenters. The van der Waals surface area contributed by atoms with E-state index in [4.69, 9.17) is 11.5 Å². The van der Waals surface area contributed by atoms with Crippen LogP contribution in [0.25, 0.3) is 0 Å². The summed E-state index contributed by atoms with van der Waals surface area (Å²) in [5, 5.41) is 29.7. The molecule has 3 rings (SSSR count). The number of nitrogens with two attached hydrogens (primary N) is 2. The minimum Gasteiger partial charge on any atom is -0.380 e. The Hall–Kier alpha value is -3.60. The molecule has 0 bridgehead atoms. The fourth-order valence-corrected chi connectivity index (χ4v) is 4.92. The summed E-state index contributed by atoms with van der Waals surface area (Å²) in [6.07, 6.45) is 0.583. The number of piperidine rings is 1. The van der Waals surface area contributed by atoms with Gasteiger partial charge in [-0.15, -0.1) is 0 Å². The van der Waals surface area contributed by atoms with Crippen LogP contribution in [0.3, 0.4) is 0 Å². The van der Waals surface area contributed by atoms with Crippen molar-refractivity contribution < 1.29 is 14.7 Å². The van der Waals surface area contributed by atoms with Gasteiger partial charge in [0.25, 0.3) is 0 Å². The molecular formula is C23H24N6O3S. The highest BCUT2D eigenvalue weighted by Gasteiger charge is 2.39. The van der Waals surface area contributed by atoms with Crippen molar-refractivity contribution in [2.45, 2.75) is 42.1 Å². The largest absolute Gasteiger partial charge is 0.380 e. The third kappa shape index (κ3) is 4.77. The quantitative estimate of drug-likeness (QED) is 0.518. The van der Waals surface area contributed by atoms with Crippen LogP contribution in [-0.4, -0.2) is 40.6 Å². The monoisotopic (exact) mass is 464 g/mol. The summed E-state index contributed by atoms with van der Waals surface area (Å²) in [5.41, 5.74) is 11.1. The topological polar surface area (TPSA) is 170 Å². The van der Waals surface area contributed by atoms with Gasteiger partial charge in [-0.3, -0.25) is 9.59 Å². The lowest BCUT2D eigenvalue weighted by Crippen LogP contribution is -2.52. The molecule has 0 radical (unpaired) electrons. The summed E-state index contributed by atoms with van der Waals surface area (Å²) < 4.78 is 0. The maximum absolute atomic E-state index is 12.3. The molecule has 1 aromatic heterocycles. The van der Waals surface area contributed by atoms with Gasteiger partial charge in [0, 0.05) is 25.9 Å². The van der Waals surface area contributed by atoms with E-state index in [-0.39, 0.29) is 37.1 Å². The number of nitriles is 2. The van der Waals surface area contributed by atoms with Crippen molar-refractivity contribution in [3.63, 3.8) is 0 Å². The van der Waals surface area contributed by atoms with Crippen LogP contribution >= 0.6 is 11.8 Å². The normalized spacial score (nSPS) is 15.8. The van der Waals surface area contributed by atoms with Crippen molar-refractivity contribution in [2.75, 3.05) is 18.0 Å². The van der Waals surface area contributed by atoms with Gasteiger partial charge >= 0.3 is 0 Å². The molecule has 1 atom stereocenters. The number of rotatable bonds is 7. The Labute approximate surface area is 196 Å². The van der Waals surface area contributed by atoms with E-state index in [9.17, 15) is 25.2 Å². The summed E-state index contributed by atoms with van der Waals surface area (Å²) in [7, 11) is 0. The van der Waals surface area contributed by atoms with Crippen molar-refractivity contribution in [3.05, 3.63) is 52.6 Å². The molecule has 1 aromatic carbocycles. The van der Waals surface area contributed by atoms with Crippen molar-refractivity contribution in [3.8, 4) is 12.1 Å². The molecule has 0 saturated carbocycles. The van der Waals surface area contributed by atoms with Crippen molar-refractivity contribution in [2.24, 2.45) is 11.5 Å². The van der Waals surface area contributed by atoms with Gasteiger partial charge in [0.15, 0.2) is 0 Å². The summed E-state index contributed by atoms with van der Waals surface area (Å²) in [5.74, 6) is -1.02. The van der Waals surface area contributed by atoms with Crippen LogP contribution in [0.1, 0.15) is 47.3 Å². The number of aromatic nitrogens is 1. The first-order valence-electron chi connectivity index (χ1n) is 10.4. The minimum absolute atomic E-state index is 0.0900. The number of anilines is 1. The second-order valence-electron chi connectivity index (χ2n) is 7.74. The standard InChI is InChI=1S/C23H24N6O3S/c1-2-15-16(12-24)20(29-10-8-23(32,9-11-29)22(27)31)28-21(17(15)13-25)33-18(19(26)30)14-6-4-3-5-7-14/h3-7,18,32H,2,8-11H2,1H3,(H2,26,30)(H2,27,31). The van der Waals surface area contributed by atoms with Crippen molar-refractivity contribution in [1.82, 2.24) is 4.98 Å². The molecule has 0 spiro atoms. The highest BCUT2D eigenvalue weighted by molar-refractivity contribution is 8.00. The van der Waals surface area contributed by atoms with Crippen LogP contribution < -0.4 is 16.4 Å². The first-order valence-corrected chi connectivity index (χ1v) is 11.3. The molecule has 1 aliphatic rings. The maximum Gasteiger partial charge on any atom is 0.249 e. The number of carbonyl (C=O) groups excluding carboxylic acids is 2. The zero-order chi connectivity index (χ0) is 24.2. The van der Waals surface area contributed by atoms with E-state index in [1.165, 1.54) is 0 Å². The van der Waals surface area contributed by atoms with Crippen molar-refractivity contribution >= 4 is 29.4 Å². The predicted molar refractivity (Wildman–Crippen MR) is 123 cm³/mol. The molecule has 1 saturated heterocycles. The van der Waals surface area contributed by atoms with E-state index < -0.39 is 22.7 Å². The molecule has 33 heavy (non-hydrogen) atoms. The number of benzene rings is 1. The lowest BCUT2D eigenvalue weighted by Gasteiger charge is -2.37. The number of aliphatic hydroxyl groups is 1. The molecule has 5 N–H and O–H groups in total. The number of hydrogen-bond acceptors (Lipinski definition) is 8. The SMILES string of the molecule is CCc1c(C#N)c(SC(C(N)=O)c2ccccc2)nc(N2CCC(O)(C(N)=O)CC2)c1C#N. The number of pyridine rings is 1. The van der Waals surface area contributed by atoms with Gasteiger partial charge < -0.3 is 21.5 Å². The maximum atomic E-state index is 12.3. The van der Waals surface area contributed by atoms with Crippen LogP contribution in [0.5, 0.6) is 0 Å². The molecule has 170 valence electrons. The minimum atomic E-state index is -1.61. The van der Waals surface area contributed by atoms with Gasteiger partial charge in [-0.25, -0.2) is 4.98 Å². The van der Waals surface area contributed by atoms with Gasteiger partial charge in [0.1, 0.15) is 33.8 Å². The highest BCUT2D eigenvalue weighted by Crippen LogP contribution is 2.40. The van der Waals surface area contributed by atoms with Gasteiger partial charge in [-0.2, -0.15) is 10.5 Å². The fourth-order valence-electron chi connectivity index (χ4n) is 3.86. The Morgan fingerprint density at radius 3 is 2.27 bits per heavy atom. The van der Waals surface area contributed by atoms with Gasteiger partial charge in [-0.05, 0) is 17.5 Å². The van der Waals surface area contributed by atoms with Crippen LogP contribution in [0.15, 0.2) is 35.4 Å². The van der Waals surface area contributed by atoms with E-state index >= 15 is 0 Å². The molecule has 2 amide bonds. The molecule has 0 aliphatic carbocycles. The van der Waals surface area contributed by atoms with Crippen LogP contribution in [0, 0.1) is 22.7 Å². The molecule has 2 aromatic rings. The highest BCUT2D eigenvalue weighted by atomic mass is 32.2. The smallest absolute Gasteiger partial charge is 0.249 e. The van der Waals surface area contributed by atoms with E-state index in [0.29, 0.717) is 28.4 Å². The third-order valence-corrected chi connectivity index (χ3v) is 7.02. The van der Waals surface area contributed by atoms with E-state index in [2.05, 4.69) is 17.1 Å². The van der Waals surface area contributed by atoms with E-state index in [1.807, 2.05) is 13.0 Å². The summed E-state index contributed by atoms with van der Waals surface area (Å²) in [6.45, 7) is 2.33. The fraction of sp³-hybridized carbons (Fsp3) is 0.348. The average Bonchev–Trinajstić information content (AvgIpc) is 2.82. The number of hydrogen-bond donors (Lipinski definition) is 3.